The Labute approximate surface area is 139 Å². The summed E-state index contributed by atoms with van der Waals surface area (Å²) in [5.41, 5.74) is 0.703. The van der Waals surface area contributed by atoms with Gasteiger partial charge in [0, 0.05) is 10.8 Å². The molecule has 2 heterocycles. The van der Waals surface area contributed by atoms with Gasteiger partial charge < -0.3 is 9.47 Å². The van der Waals surface area contributed by atoms with Crippen LogP contribution >= 0.6 is 11.8 Å². The Bertz CT molecular complexity index is 763. The van der Waals surface area contributed by atoms with Gasteiger partial charge in [0.25, 0.3) is 0 Å². The molecule has 0 radical (unpaired) electrons. The Kier molecular flexibility index (Phi) is 4.24. The maximum absolute atomic E-state index is 11.8. The fourth-order valence-corrected chi connectivity index (χ4v) is 6.40. The monoisotopic (exact) mass is 355 g/mol. The predicted octanol–water partition coefficient (Wildman–Crippen LogP) is 1.19. The van der Waals surface area contributed by atoms with Crippen LogP contribution < -0.4 is 9.47 Å². The van der Waals surface area contributed by atoms with Crippen molar-refractivity contribution in [2.45, 2.75) is 11.3 Å². The highest BCUT2D eigenvalue weighted by atomic mass is 32.2. The van der Waals surface area contributed by atoms with Gasteiger partial charge in [0.05, 0.1) is 38.0 Å². The minimum absolute atomic E-state index is 0.0413. The fourth-order valence-electron chi connectivity index (χ4n) is 2.69. The van der Waals surface area contributed by atoms with Crippen LogP contribution in [0, 0.1) is 5.41 Å². The van der Waals surface area contributed by atoms with Crippen LogP contribution in [-0.4, -0.2) is 61.8 Å². The SMILES string of the molecule is COc1ccc(OC)c(/C=N\N2C(=N)S[C@@H]3CS(=O)(=O)C[C@H]32)c1. The molecule has 1 aromatic rings. The molecule has 3 rings (SSSR count). The number of ether oxygens (including phenoxy) is 2. The van der Waals surface area contributed by atoms with Gasteiger partial charge in [-0.05, 0) is 18.2 Å². The number of fused-ring (bicyclic) bond motifs is 1. The van der Waals surface area contributed by atoms with Gasteiger partial charge in [-0.2, -0.15) is 5.10 Å². The smallest absolute Gasteiger partial charge is 0.177 e. The Balaban J connectivity index is 1.86. The van der Waals surface area contributed by atoms with Crippen molar-refractivity contribution in [3.8, 4) is 11.5 Å². The molecule has 2 aliphatic rings. The van der Waals surface area contributed by atoms with Crippen molar-refractivity contribution in [3.63, 3.8) is 0 Å². The number of sulfone groups is 1. The first-order chi connectivity index (χ1) is 10.9. The van der Waals surface area contributed by atoms with E-state index in [1.165, 1.54) is 16.8 Å². The van der Waals surface area contributed by atoms with Gasteiger partial charge in [-0.15, -0.1) is 0 Å². The molecule has 9 heteroatoms. The number of benzene rings is 1. The molecule has 0 amide bonds. The number of hydrazone groups is 1. The number of rotatable bonds is 4. The van der Waals surface area contributed by atoms with Crippen molar-refractivity contribution in [3.05, 3.63) is 23.8 Å². The summed E-state index contributed by atoms with van der Waals surface area (Å²) in [5, 5.41) is 14.0. The van der Waals surface area contributed by atoms with Crippen LogP contribution in [0.3, 0.4) is 0 Å². The number of hydrogen-bond donors (Lipinski definition) is 1. The Hall–Kier alpha value is -1.74. The van der Waals surface area contributed by atoms with Gasteiger partial charge in [0.2, 0.25) is 0 Å². The Morgan fingerprint density at radius 1 is 1.35 bits per heavy atom. The summed E-state index contributed by atoms with van der Waals surface area (Å²) in [7, 11) is 0.0889. The summed E-state index contributed by atoms with van der Waals surface area (Å²) in [5.74, 6) is 1.45. The van der Waals surface area contributed by atoms with Crippen molar-refractivity contribution in [2.24, 2.45) is 5.10 Å². The van der Waals surface area contributed by atoms with Crippen LogP contribution in [0.15, 0.2) is 23.3 Å². The van der Waals surface area contributed by atoms with Crippen LogP contribution in [0.2, 0.25) is 0 Å². The fraction of sp³-hybridized carbons (Fsp3) is 0.429. The molecule has 23 heavy (non-hydrogen) atoms. The van der Waals surface area contributed by atoms with E-state index in [0.717, 1.165) is 0 Å². The molecular formula is C14H17N3O4S2. The van der Waals surface area contributed by atoms with Gasteiger partial charge in [-0.25, -0.2) is 13.4 Å². The quantitative estimate of drug-likeness (QED) is 0.816. The third-order valence-electron chi connectivity index (χ3n) is 3.82. The van der Waals surface area contributed by atoms with Crippen molar-refractivity contribution >= 4 is 33.0 Å². The molecule has 1 aromatic carbocycles. The van der Waals surface area contributed by atoms with Crippen molar-refractivity contribution in [2.75, 3.05) is 25.7 Å². The number of thioether (sulfide) groups is 1. The maximum Gasteiger partial charge on any atom is 0.177 e. The average molecular weight is 355 g/mol. The van der Waals surface area contributed by atoms with Crippen LogP contribution in [-0.2, 0) is 9.84 Å². The topological polar surface area (TPSA) is 92.1 Å². The zero-order valence-corrected chi connectivity index (χ0v) is 14.4. The molecule has 0 aliphatic carbocycles. The van der Waals surface area contributed by atoms with E-state index in [1.54, 1.807) is 38.6 Å². The molecule has 1 N–H and O–H groups in total. The lowest BCUT2D eigenvalue weighted by Crippen LogP contribution is -2.32. The van der Waals surface area contributed by atoms with Crippen LogP contribution in [0.5, 0.6) is 11.5 Å². The summed E-state index contributed by atoms with van der Waals surface area (Å²) in [6, 6.07) is 5.06. The molecule has 0 bridgehead atoms. The molecule has 0 spiro atoms. The molecule has 2 saturated heterocycles. The summed E-state index contributed by atoms with van der Waals surface area (Å²) in [6.45, 7) is 0. The van der Waals surface area contributed by atoms with E-state index in [2.05, 4.69) is 5.10 Å². The highest BCUT2D eigenvalue weighted by Gasteiger charge is 2.48. The number of methoxy groups -OCH3 is 2. The number of hydrogen-bond acceptors (Lipinski definition) is 7. The first-order valence-corrected chi connectivity index (χ1v) is 9.64. The molecule has 2 atom stereocenters. The van der Waals surface area contributed by atoms with E-state index >= 15 is 0 Å². The summed E-state index contributed by atoms with van der Waals surface area (Å²) < 4.78 is 34.0. The van der Waals surface area contributed by atoms with E-state index in [4.69, 9.17) is 14.9 Å². The minimum atomic E-state index is -3.05. The third-order valence-corrected chi connectivity index (χ3v) is 6.94. The zero-order valence-electron chi connectivity index (χ0n) is 12.7. The van der Waals surface area contributed by atoms with Gasteiger partial charge in [-0.3, -0.25) is 5.41 Å². The molecule has 0 saturated carbocycles. The summed E-state index contributed by atoms with van der Waals surface area (Å²) in [6.07, 6.45) is 1.57. The molecule has 124 valence electrons. The molecule has 2 aliphatic heterocycles. The highest BCUT2D eigenvalue weighted by molar-refractivity contribution is 8.15. The molecule has 0 aromatic heterocycles. The average Bonchev–Trinajstić information content (AvgIpc) is 2.95. The van der Waals surface area contributed by atoms with Gasteiger partial charge in [0.15, 0.2) is 15.0 Å². The number of amidine groups is 1. The van der Waals surface area contributed by atoms with E-state index < -0.39 is 9.84 Å². The van der Waals surface area contributed by atoms with Crippen LogP contribution in [0.4, 0.5) is 0 Å². The van der Waals surface area contributed by atoms with Gasteiger partial charge in [0.1, 0.15) is 11.5 Å². The van der Waals surface area contributed by atoms with Gasteiger partial charge in [-0.1, -0.05) is 11.8 Å². The number of nitrogens with one attached hydrogen (secondary N) is 1. The Morgan fingerprint density at radius 2 is 2.13 bits per heavy atom. The second kappa shape index (κ2) is 6.04. The van der Waals surface area contributed by atoms with E-state index in [1.807, 2.05) is 0 Å². The van der Waals surface area contributed by atoms with Crippen LogP contribution in [0.25, 0.3) is 0 Å². The van der Waals surface area contributed by atoms with Crippen molar-refractivity contribution < 1.29 is 17.9 Å². The van der Waals surface area contributed by atoms with E-state index in [0.29, 0.717) is 17.1 Å². The minimum Gasteiger partial charge on any atom is -0.497 e. The van der Waals surface area contributed by atoms with Crippen molar-refractivity contribution in [1.29, 1.82) is 5.41 Å². The van der Waals surface area contributed by atoms with E-state index in [-0.39, 0.29) is 28.0 Å². The normalized spacial score (nSPS) is 25.8. The highest BCUT2D eigenvalue weighted by Crippen LogP contribution is 2.37. The maximum atomic E-state index is 11.8. The second-order valence-electron chi connectivity index (χ2n) is 5.30. The zero-order chi connectivity index (χ0) is 16.6. The largest absolute Gasteiger partial charge is 0.497 e. The first kappa shape index (κ1) is 16.1. The van der Waals surface area contributed by atoms with E-state index in [9.17, 15) is 8.42 Å². The molecule has 2 fully saturated rings. The Morgan fingerprint density at radius 3 is 2.83 bits per heavy atom. The molecular weight excluding hydrogens is 338 g/mol. The third kappa shape index (κ3) is 3.16. The summed E-state index contributed by atoms with van der Waals surface area (Å²) >= 11 is 1.26. The second-order valence-corrected chi connectivity index (χ2v) is 8.68. The lowest BCUT2D eigenvalue weighted by molar-refractivity contribution is 0.375. The first-order valence-electron chi connectivity index (χ1n) is 6.94. The van der Waals surface area contributed by atoms with Crippen LogP contribution in [0.1, 0.15) is 5.56 Å². The number of nitrogens with zero attached hydrogens (tertiary/aromatic N) is 2. The lowest BCUT2D eigenvalue weighted by atomic mass is 10.2. The predicted molar refractivity (Wildman–Crippen MR) is 90.5 cm³/mol. The summed E-state index contributed by atoms with van der Waals surface area (Å²) in [4.78, 5) is 0. The standard InChI is InChI=1S/C14H17N3O4S2/c1-20-10-3-4-12(21-2)9(5-10)6-16-17-11-7-23(18,19)8-13(11)22-14(17)15/h3-6,11,13,15H,7-8H2,1-2H3/b15-14?,16-6-/t11-,13-/m1/s1. The lowest BCUT2D eigenvalue weighted by Gasteiger charge is -2.17. The molecule has 7 nitrogen and oxygen atoms in total. The van der Waals surface area contributed by atoms with Gasteiger partial charge >= 0.3 is 0 Å². The molecule has 0 unspecified atom stereocenters. The van der Waals surface area contributed by atoms with Crippen molar-refractivity contribution in [1.82, 2.24) is 5.01 Å².